The smallest absolute Gasteiger partial charge is 0.325 e. The SMILES string of the molecule is CCCn1nc(N=Nc2cc3c(cc2C)N(CC(=O)OCC)CCC3)cc1OC. The molecule has 1 aliphatic heterocycles. The highest BCUT2D eigenvalue weighted by atomic mass is 16.5. The van der Waals surface area contributed by atoms with Gasteiger partial charge >= 0.3 is 5.97 Å². The van der Waals surface area contributed by atoms with Gasteiger partial charge in [-0.15, -0.1) is 15.3 Å². The van der Waals surface area contributed by atoms with Gasteiger partial charge in [0.2, 0.25) is 5.88 Å². The van der Waals surface area contributed by atoms with Gasteiger partial charge in [-0.25, -0.2) is 4.68 Å². The monoisotopic (exact) mass is 399 g/mol. The molecule has 0 radical (unpaired) electrons. The van der Waals surface area contributed by atoms with E-state index in [0.717, 1.165) is 49.3 Å². The first-order valence-electron chi connectivity index (χ1n) is 10.1. The maximum Gasteiger partial charge on any atom is 0.325 e. The van der Waals surface area contributed by atoms with Crippen molar-refractivity contribution in [3.63, 3.8) is 0 Å². The quantitative estimate of drug-likeness (QED) is 0.487. The summed E-state index contributed by atoms with van der Waals surface area (Å²) in [7, 11) is 1.62. The van der Waals surface area contributed by atoms with Crippen molar-refractivity contribution in [2.24, 2.45) is 10.2 Å². The van der Waals surface area contributed by atoms with Crippen molar-refractivity contribution in [3.8, 4) is 5.88 Å². The number of rotatable bonds is 8. The average Bonchev–Trinajstić information content (AvgIpc) is 3.09. The Morgan fingerprint density at radius 3 is 2.79 bits per heavy atom. The number of hydrogen-bond donors (Lipinski definition) is 0. The maximum absolute atomic E-state index is 11.9. The minimum atomic E-state index is -0.196. The Labute approximate surface area is 171 Å². The molecule has 8 nitrogen and oxygen atoms in total. The van der Waals surface area contributed by atoms with E-state index in [0.29, 0.717) is 18.3 Å². The van der Waals surface area contributed by atoms with Gasteiger partial charge in [0.05, 0.1) is 19.4 Å². The van der Waals surface area contributed by atoms with Crippen LogP contribution in [-0.2, 0) is 22.5 Å². The third-order valence-electron chi connectivity index (χ3n) is 4.87. The van der Waals surface area contributed by atoms with E-state index < -0.39 is 0 Å². The zero-order valence-corrected chi connectivity index (χ0v) is 17.6. The lowest BCUT2D eigenvalue weighted by molar-refractivity contribution is -0.141. The summed E-state index contributed by atoms with van der Waals surface area (Å²) in [6, 6.07) is 5.93. The second-order valence-corrected chi connectivity index (χ2v) is 7.07. The van der Waals surface area contributed by atoms with Gasteiger partial charge in [0.25, 0.3) is 0 Å². The first-order valence-corrected chi connectivity index (χ1v) is 10.1. The van der Waals surface area contributed by atoms with Crippen molar-refractivity contribution in [3.05, 3.63) is 29.3 Å². The standard InChI is InChI=1S/C21H29N5O3/c1-5-9-26-20(28-4)13-19(24-26)23-22-17-12-16-8-7-10-25(14-21(27)29-6-2)18(16)11-15(17)3/h11-13H,5-10,14H2,1-4H3. The van der Waals surface area contributed by atoms with Crippen molar-refractivity contribution in [1.82, 2.24) is 9.78 Å². The summed E-state index contributed by atoms with van der Waals surface area (Å²) in [5, 5.41) is 13.2. The van der Waals surface area contributed by atoms with Crippen molar-refractivity contribution >= 4 is 23.2 Å². The number of anilines is 1. The molecule has 1 aromatic heterocycles. The van der Waals surface area contributed by atoms with Crippen LogP contribution in [-0.4, -0.2) is 42.6 Å². The normalized spacial score (nSPS) is 13.6. The number of aryl methyl sites for hydroxylation is 3. The molecule has 0 unspecified atom stereocenters. The topological polar surface area (TPSA) is 81.3 Å². The Balaban J connectivity index is 1.81. The summed E-state index contributed by atoms with van der Waals surface area (Å²) in [6.07, 6.45) is 2.90. The van der Waals surface area contributed by atoms with Gasteiger partial charge in [0, 0.05) is 24.8 Å². The van der Waals surface area contributed by atoms with E-state index >= 15 is 0 Å². The number of methoxy groups -OCH3 is 1. The fourth-order valence-electron chi connectivity index (χ4n) is 3.51. The van der Waals surface area contributed by atoms with Crippen LogP contribution in [0.25, 0.3) is 0 Å². The van der Waals surface area contributed by atoms with Crippen molar-refractivity contribution in [2.75, 3.05) is 31.7 Å². The Bertz CT molecular complexity index is 891. The first kappa shape index (κ1) is 20.8. The lowest BCUT2D eigenvalue weighted by atomic mass is 9.98. The second-order valence-electron chi connectivity index (χ2n) is 7.07. The molecule has 1 aliphatic rings. The number of carbonyl (C=O) groups is 1. The Morgan fingerprint density at radius 1 is 1.24 bits per heavy atom. The van der Waals surface area contributed by atoms with Crippen LogP contribution in [0.3, 0.4) is 0 Å². The lowest BCUT2D eigenvalue weighted by Crippen LogP contribution is -2.35. The van der Waals surface area contributed by atoms with Crippen LogP contribution < -0.4 is 9.64 Å². The molecule has 0 spiro atoms. The molecule has 8 heteroatoms. The van der Waals surface area contributed by atoms with Gasteiger partial charge < -0.3 is 14.4 Å². The number of ether oxygens (including phenoxy) is 2. The van der Waals surface area contributed by atoms with Gasteiger partial charge in [0.1, 0.15) is 6.54 Å². The van der Waals surface area contributed by atoms with E-state index in [1.807, 2.05) is 13.8 Å². The van der Waals surface area contributed by atoms with Crippen LogP contribution in [0.1, 0.15) is 37.8 Å². The van der Waals surface area contributed by atoms with Crippen LogP contribution in [0, 0.1) is 6.92 Å². The Morgan fingerprint density at radius 2 is 2.07 bits per heavy atom. The Kier molecular flexibility index (Phi) is 6.85. The molecule has 0 saturated heterocycles. The highest BCUT2D eigenvalue weighted by Gasteiger charge is 2.21. The maximum atomic E-state index is 11.9. The molecule has 3 rings (SSSR count). The van der Waals surface area contributed by atoms with Gasteiger partial charge in [-0.2, -0.15) is 0 Å². The van der Waals surface area contributed by atoms with Gasteiger partial charge in [-0.1, -0.05) is 6.92 Å². The molecule has 2 heterocycles. The molecule has 0 fully saturated rings. The summed E-state index contributed by atoms with van der Waals surface area (Å²) >= 11 is 0. The third kappa shape index (κ3) is 4.93. The molecule has 0 saturated carbocycles. The highest BCUT2D eigenvalue weighted by Crippen LogP contribution is 2.34. The van der Waals surface area contributed by atoms with E-state index in [1.54, 1.807) is 17.9 Å². The summed E-state index contributed by atoms with van der Waals surface area (Å²) in [4.78, 5) is 14.0. The number of aromatic nitrogens is 2. The van der Waals surface area contributed by atoms with Crippen molar-refractivity contribution in [1.29, 1.82) is 0 Å². The second kappa shape index (κ2) is 9.54. The lowest BCUT2D eigenvalue weighted by Gasteiger charge is -2.31. The largest absolute Gasteiger partial charge is 0.481 e. The minimum Gasteiger partial charge on any atom is -0.481 e. The highest BCUT2D eigenvalue weighted by molar-refractivity contribution is 5.77. The van der Waals surface area contributed by atoms with Crippen LogP contribution in [0.5, 0.6) is 5.88 Å². The molecule has 1 aromatic carbocycles. The molecule has 0 atom stereocenters. The average molecular weight is 399 g/mol. The number of carbonyl (C=O) groups excluding carboxylic acids is 1. The fraction of sp³-hybridized carbons (Fsp3) is 0.524. The molecular formula is C21H29N5O3. The van der Waals surface area contributed by atoms with Gasteiger partial charge in [-0.05, 0) is 56.4 Å². The van der Waals surface area contributed by atoms with E-state index in [4.69, 9.17) is 9.47 Å². The van der Waals surface area contributed by atoms with E-state index in [2.05, 4.69) is 39.3 Å². The number of azo groups is 1. The van der Waals surface area contributed by atoms with E-state index in [-0.39, 0.29) is 12.5 Å². The molecule has 156 valence electrons. The number of nitrogens with zero attached hydrogens (tertiary/aromatic N) is 5. The van der Waals surface area contributed by atoms with Crippen LogP contribution in [0.2, 0.25) is 0 Å². The molecule has 0 amide bonds. The molecule has 0 N–H and O–H groups in total. The van der Waals surface area contributed by atoms with E-state index in [1.165, 1.54) is 5.56 Å². The molecule has 0 bridgehead atoms. The summed E-state index contributed by atoms with van der Waals surface area (Å²) in [5.41, 5.74) is 4.07. The summed E-state index contributed by atoms with van der Waals surface area (Å²) in [6.45, 7) is 8.20. The minimum absolute atomic E-state index is 0.196. The van der Waals surface area contributed by atoms with Crippen molar-refractivity contribution in [2.45, 2.75) is 46.6 Å². The first-order chi connectivity index (χ1) is 14.0. The molecule has 29 heavy (non-hydrogen) atoms. The van der Waals surface area contributed by atoms with Gasteiger partial charge in [-0.3, -0.25) is 4.79 Å². The number of fused-ring (bicyclic) bond motifs is 1. The Hall–Kier alpha value is -2.90. The zero-order chi connectivity index (χ0) is 20.8. The third-order valence-corrected chi connectivity index (χ3v) is 4.87. The predicted octanol–water partition coefficient (Wildman–Crippen LogP) is 4.34. The van der Waals surface area contributed by atoms with Crippen LogP contribution in [0.4, 0.5) is 17.2 Å². The number of benzene rings is 1. The van der Waals surface area contributed by atoms with Crippen LogP contribution in [0.15, 0.2) is 28.4 Å². The van der Waals surface area contributed by atoms with Crippen LogP contribution >= 0.6 is 0 Å². The predicted molar refractivity (Wildman–Crippen MR) is 112 cm³/mol. The molecule has 0 aliphatic carbocycles. The van der Waals surface area contributed by atoms with Gasteiger partial charge in [0.15, 0.2) is 5.82 Å². The zero-order valence-electron chi connectivity index (χ0n) is 17.6. The molecular weight excluding hydrogens is 370 g/mol. The fourth-order valence-corrected chi connectivity index (χ4v) is 3.51. The number of esters is 1. The van der Waals surface area contributed by atoms with E-state index in [9.17, 15) is 4.79 Å². The summed E-state index contributed by atoms with van der Waals surface area (Å²) in [5.74, 6) is 1.01. The summed E-state index contributed by atoms with van der Waals surface area (Å²) < 4.78 is 12.2. The van der Waals surface area contributed by atoms with Crippen molar-refractivity contribution < 1.29 is 14.3 Å². The molecule has 2 aromatic rings. The number of hydrogen-bond acceptors (Lipinski definition) is 7.